The molecule has 182 valence electrons. The first kappa shape index (κ1) is 23.1. The molecule has 5 rings (SSSR count). The Morgan fingerprint density at radius 2 is 1.69 bits per heavy atom. The highest BCUT2D eigenvalue weighted by Gasteiger charge is 2.27. The predicted molar refractivity (Wildman–Crippen MR) is 133 cm³/mol. The zero-order chi connectivity index (χ0) is 24.2. The molecule has 2 aromatic heterocycles. The van der Waals surface area contributed by atoms with Crippen LogP contribution in [-0.4, -0.2) is 32.2 Å². The number of carbonyl (C=O) groups is 2. The zero-order valence-electron chi connectivity index (χ0n) is 19.8. The van der Waals surface area contributed by atoms with Crippen LogP contribution in [0.15, 0.2) is 59.9 Å². The summed E-state index contributed by atoms with van der Waals surface area (Å²) in [5, 5.41) is 10.1. The lowest BCUT2D eigenvalue weighted by molar-refractivity contribution is 0.0931. The van der Waals surface area contributed by atoms with Gasteiger partial charge >= 0.3 is 0 Å². The average molecular weight is 474 g/mol. The highest BCUT2D eigenvalue weighted by Crippen LogP contribution is 2.34. The summed E-state index contributed by atoms with van der Waals surface area (Å²) in [7, 11) is 0. The molecule has 2 N–H and O–H groups in total. The number of nitrogens with one attached hydrogen (secondary N) is 2. The molecule has 8 nitrogen and oxygen atoms in total. The van der Waals surface area contributed by atoms with Gasteiger partial charge in [-0.25, -0.2) is 4.68 Å². The minimum Gasteiger partial charge on any atom is -0.349 e. The highest BCUT2D eigenvalue weighted by molar-refractivity contribution is 5.99. The second kappa shape index (κ2) is 10.3. The van der Waals surface area contributed by atoms with E-state index in [-0.39, 0.29) is 35.7 Å². The quantitative estimate of drug-likeness (QED) is 0.511. The standard InChI is InChI=1S/C27H31N5O3/c33-25-23(26(34)28-16-19-7-5-10-22(15-19)32-14-6-13-29-32)17-31(21-11-12-21)18-24(25)27(35)30-20-8-3-1-2-4-9-20/h5-7,10,13-15,17-18,20-21H,1-4,8-9,11-12,16H2,(H,28,34)(H,30,35). The Morgan fingerprint density at radius 1 is 0.943 bits per heavy atom. The van der Waals surface area contributed by atoms with Crippen LogP contribution in [0.2, 0.25) is 0 Å². The number of hydrogen-bond acceptors (Lipinski definition) is 4. The maximum absolute atomic E-state index is 13.2. The third-order valence-corrected chi connectivity index (χ3v) is 6.83. The molecule has 0 radical (unpaired) electrons. The first-order chi connectivity index (χ1) is 17.1. The third-order valence-electron chi connectivity index (χ3n) is 6.83. The van der Waals surface area contributed by atoms with Gasteiger partial charge in [0.1, 0.15) is 11.1 Å². The van der Waals surface area contributed by atoms with Crippen LogP contribution in [0.4, 0.5) is 0 Å². The molecular formula is C27H31N5O3. The molecule has 3 aromatic rings. The molecule has 2 aliphatic carbocycles. The Kier molecular flexibility index (Phi) is 6.79. The molecule has 8 heteroatoms. The van der Waals surface area contributed by atoms with Gasteiger partial charge in [-0.3, -0.25) is 14.4 Å². The fourth-order valence-electron chi connectivity index (χ4n) is 4.70. The number of aromatic nitrogens is 3. The van der Waals surface area contributed by atoms with Gasteiger partial charge in [0.05, 0.1) is 5.69 Å². The summed E-state index contributed by atoms with van der Waals surface area (Å²) in [5.41, 5.74) is 1.31. The maximum atomic E-state index is 13.2. The number of benzene rings is 1. The van der Waals surface area contributed by atoms with E-state index in [1.165, 1.54) is 12.8 Å². The summed E-state index contributed by atoms with van der Waals surface area (Å²) in [4.78, 5) is 39.4. The molecule has 2 aliphatic rings. The monoisotopic (exact) mass is 473 g/mol. The van der Waals surface area contributed by atoms with E-state index in [0.29, 0.717) is 0 Å². The van der Waals surface area contributed by atoms with Gasteiger partial charge in [0.2, 0.25) is 5.43 Å². The first-order valence-corrected chi connectivity index (χ1v) is 12.5. The van der Waals surface area contributed by atoms with Crippen molar-refractivity contribution < 1.29 is 9.59 Å². The molecule has 0 bridgehead atoms. The van der Waals surface area contributed by atoms with Crippen LogP contribution in [0.1, 0.15) is 83.7 Å². The minimum absolute atomic E-state index is 0.00801. The van der Waals surface area contributed by atoms with Gasteiger partial charge < -0.3 is 15.2 Å². The van der Waals surface area contributed by atoms with Crippen LogP contribution in [0, 0.1) is 0 Å². The van der Waals surface area contributed by atoms with Gasteiger partial charge in [0, 0.05) is 43.4 Å². The predicted octanol–water partition coefficient (Wildman–Crippen LogP) is 3.75. The summed E-state index contributed by atoms with van der Waals surface area (Å²) in [6.45, 7) is 0.259. The Hall–Kier alpha value is -3.68. The summed E-state index contributed by atoms with van der Waals surface area (Å²) in [6, 6.07) is 9.84. The largest absolute Gasteiger partial charge is 0.349 e. The Morgan fingerprint density at radius 3 is 2.37 bits per heavy atom. The van der Waals surface area contributed by atoms with Crippen molar-refractivity contribution >= 4 is 11.8 Å². The Labute approximate surface area is 204 Å². The van der Waals surface area contributed by atoms with Gasteiger partial charge in [0.15, 0.2) is 0 Å². The Balaban J connectivity index is 1.33. The Bertz CT molecular complexity index is 1250. The second-order valence-corrected chi connectivity index (χ2v) is 9.56. The molecule has 2 heterocycles. The molecule has 0 spiro atoms. The summed E-state index contributed by atoms with van der Waals surface area (Å²) in [5.74, 6) is -0.851. The van der Waals surface area contributed by atoms with Crippen molar-refractivity contribution in [3.05, 3.63) is 82.0 Å². The van der Waals surface area contributed by atoms with Crippen molar-refractivity contribution in [1.82, 2.24) is 25.0 Å². The van der Waals surface area contributed by atoms with Crippen molar-refractivity contribution in [1.29, 1.82) is 0 Å². The van der Waals surface area contributed by atoms with Gasteiger partial charge in [-0.15, -0.1) is 0 Å². The third kappa shape index (κ3) is 5.53. The topological polar surface area (TPSA) is 98.0 Å². The number of amides is 2. The SMILES string of the molecule is O=C(NCc1cccc(-n2cccn2)c1)c1cn(C2CC2)cc(C(=O)NC2CCCCCC2)c1=O. The molecule has 2 amide bonds. The van der Waals surface area contributed by atoms with Crippen LogP contribution < -0.4 is 16.1 Å². The van der Waals surface area contributed by atoms with E-state index >= 15 is 0 Å². The number of pyridine rings is 1. The van der Waals surface area contributed by atoms with Crippen LogP contribution in [0.25, 0.3) is 5.69 Å². The number of carbonyl (C=O) groups excluding carboxylic acids is 2. The average Bonchev–Trinajstić information content (AvgIpc) is 3.63. The van der Waals surface area contributed by atoms with Crippen molar-refractivity contribution in [2.24, 2.45) is 0 Å². The number of nitrogens with zero attached hydrogens (tertiary/aromatic N) is 3. The minimum atomic E-state index is -0.518. The van der Waals surface area contributed by atoms with Gasteiger partial charge in [-0.05, 0) is 49.4 Å². The van der Waals surface area contributed by atoms with E-state index in [1.807, 2.05) is 41.1 Å². The maximum Gasteiger partial charge on any atom is 0.257 e. The molecule has 0 saturated heterocycles. The van der Waals surface area contributed by atoms with Crippen LogP contribution in [0.5, 0.6) is 0 Å². The lowest BCUT2D eigenvalue weighted by atomic mass is 10.1. The van der Waals surface area contributed by atoms with Crippen LogP contribution in [-0.2, 0) is 6.54 Å². The van der Waals surface area contributed by atoms with Gasteiger partial charge in [-0.1, -0.05) is 37.8 Å². The van der Waals surface area contributed by atoms with Crippen LogP contribution >= 0.6 is 0 Å². The molecule has 2 fully saturated rings. The number of rotatable bonds is 7. The molecular weight excluding hydrogens is 442 g/mol. The van der Waals surface area contributed by atoms with E-state index in [0.717, 1.165) is 49.8 Å². The molecule has 35 heavy (non-hydrogen) atoms. The molecule has 0 atom stereocenters. The molecule has 0 aliphatic heterocycles. The lowest BCUT2D eigenvalue weighted by Crippen LogP contribution is -2.39. The van der Waals surface area contributed by atoms with Crippen molar-refractivity contribution in [2.45, 2.75) is 70.0 Å². The van der Waals surface area contributed by atoms with Crippen molar-refractivity contribution in [3.63, 3.8) is 0 Å². The highest BCUT2D eigenvalue weighted by atomic mass is 16.2. The van der Waals surface area contributed by atoms with E-state index in [1.54, 1.807) is 23.3 Å². The van der Waals surface area contributed by atoms with E-state index in [2.05, 4.69) is 15.7 Å². The van der Waals surface area contributed by atoms with E-state index < -0.39 is 11.3 Å². The smallest absolute Gasteiger partial charge is 0.257 e. The summed E-state index contributed by atoms with van der Waals surface area (Å²) < 4.78 is 3.60. The number of hydrogen-bond donors (Lipinski definition) is 2. The zero-order valence-corrected chi connectivity index (χ0v) is 19.8. The van der Waals surface area contributed by atoms with Crippen molar-refractivity contribution in [3.8, 4) is 5.69 Å². The summed E-state index contributed by atoms with van der Waals surface area (Å²) in [6.07, 6.45) is 15.1. The fraction of sp³-hybridized carbons (Fsp3) is 0.407. The van der Waals surface area contributed by atoms with Crippen molar-refractivity contribution in [2.75, 3.05) is 0 Å². The molecule has 1 aromatic carbocycles. The second-order valence-electron chi connectivity index (χ2n) is 9.56. The lowest BCUT2D eigenvalue weighted by Gasteiger charge is -2.17. The molecule has 2 saturated carbocycles. The first-order valence-electron chi connectivity index (χ1n) is 12.5. The van der Waals surface area contributed by atoms with E-state index in [9.17, 15) is 14.4 Å². The normalized spacial score (nSPS) is 16.5. The van der Waals surface area contributed by atoms with Crippen LogP contribution in [0.3, 0.4) is 0 Å². The van der Waals surface area contributed by atoms with Gasteiger partial charge in [-0.2, -0.15) is 5.10 Å². The van der Waals surface area contributed by atoms with Gasteiger partial charge in [0.25, 0.3) is 11.8 Å². The van der Waals surface area contributed by atoms with E-state index in [4.69, 9.17) is 0 Å². The molecule has 0 unspecified atom stereocenters. The fourth-order valence-corrected chi connectivity index (χ4v) is 4.70. The summed E-state index contributed by atoms with van der Waals surface area (Å²) >= 11 is 0.